The number of amides is 3. The van der Waals surface area contributed by atoms with Crippen LogP contribution in [-0.4, -0.2) is 33.7 Å². The van der Waals surface area contributed by atoms with Crippen molar-refractivity contribution < 1.29 is 14.4 Å². The van der Waals surface area contributed by atoms with E-state index in [0.717, 1.165) is 0 Å². The third-order valence-corrected chi connectivity index (χ3v) is 2.38. The topological polar surface area (TPSA) is 124 Å². The molecule has 1 fully saturated rings. The minimum Gasteiger partial charge on any atom is -0.339 e. The summed E-state index contributed by atoms with van der Waals surface area (Å²) in [6, 6.07) is -0.751. The quantitative estimate of drug-likeness (QED) is 0.455. The Morgan fingerprint density at radius 3 is 2.71 bits per heavy atom. The van der Waals surface area contributed by atoms with Gasteiger partial charge in [-0.3, -0.25) is 19.7 Å². The lowest BCUT2D eigenvalue weighted by molar-refractivity contribution is -0.134. The zero-order valence-corrected chi connectivity index (χ0v) is 8.70. The van der Waals surface area contributed by atoms with Crippen LogP contribution in [0.25, 0.3) is 0 Å². The fourth-order valence-corrected chi connectivity index (χ4v) is 1.52. The predicted octanol–water partition coefficient (Wildman–Crippen LogP) is -1.76. The molecule has 0 spiro atoms. The molecule has 1 aromatic rings. The third kappa shape index (κ3) is 2.41. The average molecular weight is 238 g/mol. The van der Waals surface area contributed by atoms with E-state index < -0.39 is 23.5 Å². The summed E-state index contributed by atoms with van der Waals surface area (Å²) in [6.45, 7) is 0. The molecule has 4 N–H and O–H groups in total. The van der Waals surface area contributed by atoms with Gasteiger partial charge in [-0.1, -0.05) is 0 Å². The van der Waals surface area contributed by atoms with Crippen LogP contribution in [0.1, 0.15) is 23.3 Å². The van der Waals surface area contributed by atoms with Gasteiger partial charge in [-0.2, -0.15) is 0 Å². The summed E-state index contributed by atoms with van der Waals surface area (Å²) in [5.74, 6) is -1.46. The molecule has 0 aliphatic carbocycles. The molecule has 8 heteroatoms. The number of imide groups is 1. The average Bonchev–Trinajstić information content (AvgIpc) is 2.69. The van der Waals surface area contributed by atoms with Gasteiger partial charge in [0.1, 0.15) is 11.7 Å². The first-order valence-corrected chi connectivity index (χ1v) is 4.98. The van der Waals surface area contributed by atoms with E-state index in [-0.39, 0.29) is 24.4 Å². The van der Waals surface area contributed by atoms with E-state index in [1.165, 1.54) is 6.20 Å². The van der Waals surface area contributed by atoms with Gasteiger partial charge >= 0.3 is 5.69 Å². The molecule has 1 saturated heterocycles. The molecule has 1 aromatic heterocycles. The minimum atomic E-state index is -0.751. The maximum Gasteiger partial charge on any atom is 0.323 e. The highest BCUT2D eigenvalue weighted by Crippen LogP contribution is 2.04. The first kappa shape index (κ1) is 11.1. The Labute approximate surface area is 94.8 Å². The van der Waals surface area contributed by atoms with Gasteiger partial charge in [0.25, 0.3) is 5.91 Å². The van der Waals surface area contributed by atoms with Crippen molar-refractivity contribution in [3.63, 3.8) is 0 Å². The second kappa shape index (κ2) is 4.24. The monoisotopic (exact) mass is 238 g/mol. The molecule has 3 amide bonds. The van der Waals surface area contributed by atoms with Crippen LogP contribution in [0.2, 0.25) is 0 Å². The lowest BCUT2D eigenvalue weighted by Crippen LogP contribution is -2.52. The van der Waals surface area contributed by atoms with E-state index in [9.17, 15) is 19.2 Å². The Kier molecular flexibility index (Phi) is 2.77. The Bertz CT molecular complexity index is 529. The molecule has 1 aliphatic heterocycles. The zero-order chi connectivity index (χ0) is 12.4. The number of hydrogen-bond donors (Lipinski definition) is 4. The van der Waals surface area contributed by atoms with Crippen LogP contribution in [0.4, 0.5) is 0 Å². The second-order valence-electron chi connectivity index (χ2n) is 3.63. The van der Waals surface area contributed by atoms with Crippen molar-refractivity contribution in [1.29, 1.82) is 0 Å². The standard InChI is InChI=1S/C9H10N4O4/c14-6-2-1-4(7(15)13-6)11-8(16)5-3-10-9(17)12-5/h3-4H,1-2H2,(H,11,16)(H2,10,12,17)(H,13,14,15). The van der Waals surface area contributed by atoms with Crippen LogP contribution in [0, 0.1) is 0 Å². The summed E-state index contributed by atoms with van der Waals surface area (Å²) >= 11 is 0. The zero-order valence-electron chi connectivity index (χ0n) is 8.70. The number of carbonyl (C=O) groups is 3. The molecule has 2 heterocycles. The summed E-state index contributed by atoms with van der Waals surface area (Å²) in [6.07, 6.45) is 1.65. The number of H-pyrrole nitrogens is 2. The van der Waals surface area contributed by atoms with E-state index in [1.807, 2.05) is 0 Å². The Balaban J connectivity index is 2.02. The second-order valence-corrected chi connectivity index (χ2v) is 3.63. The van der Waals surface area contributed by atoms with E-state index in [0.29, 0.717) is 0 Å². The number of hydrogen-bond acceptors (Lipinski definition) is 4. The smallest absolute Gasteiger partial charge is 0.323 e. The SMILES string of the molecule is O=C1CCC(NC(=O)c2c[nH]c(=O)[nH]2)C(=O)N1. The molecule has 0 radical (unpaired) electrons. The summed E-state index contributed by atoms with van der Waals surface area (Å²) in [5.41, 5.74) is -0.460. The molecular formula is C9H10N4O4. The van der Waals surface area contributed by atoms with Gasteiger partial charge in [-0.05, 0) is 6.42 Å². The maximum absolute atomic E-state index is 11.6. The Morgan fingerprint density at radius 1 is 1.35 bits per heavy atom. The molecule has 0 saturated carbocycles. The molecule has 90 valence electrons. The van der Waals surface area contributed by atoms with Gasteiger partial charge in [-0.25, -0.2) is 4.79 Å². The van der Waals surface area contributed by atoms with Crippen LogP contribution in [0.15, 0.2) is 11.0 Å². The number of nitrogens with one attached hydrogen (secondary N) is 4. The first-order chi connectivity index (χ1) is 8.06. The highest BCUT2D eigenvalue weighted by Gasteiger charge is 2.28. The van der Waals surface area contributed by atoms with E-state index in [1.54, 1.807) is 0 Å². The molecule has 0 bridgehead atoms. The van der Waals surface area contributed by atoms with Gasteiger partial charge in [0.15, 0.2) is 0 Å². The van der Waals surface area contributed by atoms with Crippen LogP contribution >= 0.6 is 0 Å². The molecule has 2 rings (SSSR count). The Morgan fingerprint density at radius 2 is 2.12 bits per heavy atom. The fraction of sp³-hybridized carbons (Fsp3) is 0.333. The van der Waals surface area contributed by atoms with Crippen molar-refractivity contribution in [3.8, 4) is 0 Å². The molecule has 17 heavy (non-hydrogen) atoms. The predicted molar refractivity (Wildman–Crippen MR) is 55.1 cm³/mol. The van der Waals surface area contributed by atoms with E-state index in [2.05, 4.69) is 20.6 Å². The lowest BCUT2D eigenvalue weighted by atomic mass is 10.1. The summed E-state index contributed by atoms with van der Waals surface area (Å²) in [5, 5.41) is 4.54. The summed E-state index contributed by atoms with van der Waals surface area (Å²) in [4.78, 5) is 49.1. The van der Waals surface area contributed by atoms with Crippen molar-refractivity contribution in [2.75, 3.05) is 0 Å². The fourth-order valence-electron chi connectivity index (χ4n) is 1.52. The first-order valence-electron chi connectivity index (χ1n) is 4.98. The third-order valence-electron chi connectivity index (χ3n) is 2.38. The highest BCUT2D eigenvalue weighted by molar-refractivity contribution is 6.03. The van der Waals surface area contributed by atoms with Crippen LogP contribution in [0.5, 0.6) is 0 Å². The lowest BCUT2D eigenvalue weighted by Gasteiger charge is -2.21. The van der Waals surface area contributed by atoms with Crippen LogP contribution in [0.3, 0.4) is 0 Å². The van der Waals surface area contributed by atoms with Crippen molar-refractivity contribution in [3.05, 3.63) is 22.4 Å². The number of rotatable bonds is 2. The highest BCUT2D eigenvalue weighted by atomic mass is 16.2. The minimum absolute atomic E-state index is 0.0414. The van der Waals surface area contributed by atoms with Gasteiger partial charge in [0.2, 0.25) is 11.8 Å². The van der Waals surface area contributed by atoms with Gasteiger partial charge in [0, 0.05) is 12.6 Å². The molecule has 0 aromatic carbocycles. The van der Waals surface area contributed by atoms with Gasteiger partial charge < -0.3 is 15.3 Å². The number of piperidine rings is 1. The largest absolute Gasteiger partial charge is 0.339 e. The van der Waals surface area contributed by atoms with Crippen molar-refractivity contribution in [2.24, 2.45) is 0 Å². The number of aromatic nitrogens is 2. The molecule has 1 unspecified atom stereocenters. The number of imidazole rings is 1. The normalized spacial score (nSPS) is 19.9. The van der Waals surface area contributed by atoms with Crippen molar-refractivity contribution >= 4 is 17.7 Å². The maximum atomic E-state index is 11.6. The molecule has 1 atom stereocenters. The van der Waals surface area contributed by atoms with E-state index in [4.69, 9.17) is 0 Å². The van der Waals surface area contributed by atoms with Gasteiger partial charge in [0.05, 0.1) is 0 Å². The Hall–Kier alpha value is -2.38. The number of aromatic amines is 2. The summed E-state index contributed by atoms with van der Waals surface area (Å²) < 4.78 is 0. The summed E-state index contributed by atoms with van der Waals surface area (Å²) in [7, 11) is 0. The van der Waals surface area contributed by atoms with Crippen molar-refractivity contribution in [2.45, 2.75) is 18.9 Å². The molecule has 1 aliphatic rings. The van der Waals surface area contributed by atoms with Crippen molar-refractivity contribution in [1.82, 2.24) is 20.6 Å². The molecular weight excluding hydrogens is 228 g/mol. The van der Waals surface area contributed by atoms with E-state index >= 15 is 0 Å². The van der Waals surface area contributed by atoms with Gasteiger partial charge in [-0.15, -0.1) is 0 Å². The van der Waals surface area contributed by atoms with Crippen LogP contribution < -0.4 is 16.3 Å². The number of carbonyl (C=O) groups excluding carboxylic acids is 3. The van der Waals surface area contributed by atoms with Crippen LogP contribution in [-0.2, 0) is 9.59 Å². The molecule has 8 nitrogen and oxygen atoms in total.